The van der Waals surface area contributed by atoms with E-state index in [0.717, 1.165) is 51.3 Å². The summed E-state index contributed by atoms with van der Waals surface area (Å²) >= 11 is 0. The average Bonchev–Trinajstić information content (AvgIpc) is 3.03. The summed E-state index contributed by atoms with van der Waals surface area (Å²) in [6, 6.07) is 2.01. The molecule has 0 bridgehead atoms. The van der Waals surface area contributed by atoms with Gasteiger partial charge in [-0.1, -0.05) is 0 Å². The van der Waals surface area contributed by atoms with Gasteiger partial charge in [0, 0.05) is 31.5 Å². The molecule has 2 aliphatic heterocycles. The molecular formula is C14H21N5O. The summed E-state index contributed by atoms with van der Waals surface area (Å²) < 4.78 is 0. The highest BCUT2D eigenvalue weighted by atomic mass is 16.2. The number of anilines is 1. The van der Waals surface area contributed by atoms with Crippen LogP contribution in [0.2, 0.25) is 0 Å². The number of hydrogen-bond acceptors (Lipinski definition) is 5. The maximum absolute atomic E-state index is 12.1. The fraction of sp³-hybridized carbons (Fsp3) is 0.643. The lowest BCUT2D eigenvalue weighted by Crippen LogP contribution is -2.52. The van der Waals surface area contributed by atoms with Crippen LogP contribution < -0.4 is 15.5 Å². The summed E-state index contributed by atoms with van der Waals surface area (Å²) in [6.07, 6.45) is 7.64. The molecule has 108 valence electrons. The third-order valence-corrected chi connectivity index (χ3v) is 3.98. The molecule has 3 heterocycles. The summed E-state index contributed by atoms with van der Waals surface area (Å²) in [5.74, 6) is 0.897. The van der Waals surface area contributed by atoms with Crippen molar-refractivity contribution in [3.8, 4) is 0 Å². The van der Waals surface area contributed by atoms with Gasteiger partial charge in [0.15, 0.2) is 0 Å². The second-order valence-electron chi connectivity index (χ2n) is 5.49. The molecule has 3 rings (SSSR count). The number of nitrogens with one attached hydrogen (secondary N) is 2. The van der Waals surface area contributed by atoms with E-state index in [1.807, 2.05) is 6.07 Å². The third kappa shape index (κ3) is 3.07. The second kappa shape index (κ2) is 6.17. The van der Waals surface area contributed by atoms with E-state index >= 15 is 0 Å². The van der Waals surface area contributed by atoms with E-state index in [2.05, 4.69) is 25.5 Å². The van der Waals surface area contributed by atoms with Gasteiger partial charge in [-0.3, -0.25) is 4.79 Å². The van der Waals surface area contributed by atoms with Crippen LogP contribution in [-0.2, 0) is 4.79 Å². The van der Waals surface area contributed by atoms with Crippen LogP contribution in [0.3, 0.4) is 0 Å². The normalized spacial score (nSPS) is 26.5. The van der Waals surface area contributed by atoms with Crippen molar-refractivity contribution >= 4 is 11.9 Å². The lowest BCUT2D eigenvalue weighted by Gasteiger charge is -2.33. The van der Waals surface area contributed by atoms with Crippen LogP contribution in [0.15, 0.2) is 18.5 Å². The molecule has 0 radical (unpaired) electrons. The van der Waals surface area contributed by atoms with Gasteiger partial charge in [-0.2, -0.15) is 0 Å². The van der Waals surface area contributed by atoms with Crippen molar-refractivity contribution in [2.75, 3.05) is 24.5 Å². The van der Waals surface area contributed by atoms with Crippen LogP contribution in [0.25, 0.3) is 0 Å². The molecule has 2 fully saturated rings. The molecule has 2 N–H and O–H groups in total. The van der Waals surface area contributed by atoms with Crippen LogP contribution in [0.4, 0.5) is 5.95 Å². The molecule has 1 aromatic rings. The van der Waals surface area contributed by atoms with Gasteiger partial charge in [0.2, 0.25) is 11.9 Å². The molecule has 20 heavy (non-hydrogen) atoms. The van der Waals surface area contributed by atoms with E-state index in [9.17, 15) is 4.79 Å². The first-order valence-corrected chi connectivity index (χ1v) is 7.38. The van der Waals surface area contributed by atoms with E-state index in [0.29, 0.717) is 0 Å². The van der Waals surface area contributed by atoms with E-state index < -0.39 is 0 Å². The van der Waals surface area contributed by atoms with Crippen LogP contribution in [0.5, 0.6) is 0 Å². The molecular weight excluding hydrogens is 254 g/mol. The Morgan fingerprint density at radius 1 is 1.30 bits per heavy atom. The maximum atomic E-state index is 12.1. The minimum atomic E-state index is -0.00153. The van der Waals surface area contributed by atoms with Crippen molar-refractivity contribution in [2.24, 2.45) is 0 Å². The Bertz CT molecular complexity index is 446. The van der Waals surface area contributed by atoms with Gasteiger partial charge in [0.25, 0.3) is 0 Å². The minimum Gasteiger partial charge on any atom is -0.350 e. The van der Waals surface area contributed by atoms with Crippen LogP contribution in [-0.4, -0.2) is 47.6 Å². The summed E-state index contributed by atoms with van der Waals surface area (Å²) in [5, 5.41) is 6.40. The Morgan fingerprint density at radius 3 is 2.90 bits per heavy atom. The van der Waals surface area contributed by atoms with E-state index in [4.69, 9.17) is 0 Å². The van der Waals surface area contributed by atoms with Gasteiger partial charge in [-0.05, 0) is 38.3 Å². The fourth-order valence-corrected chi connectivity index (χ4v) is 2.94. The Hall–Kier alpha value is -1.69. The number of rotatable bonds is 3. The van der Waals surface area contributed by atoms with Crippen molar-refractivity contribution < 1.29 is 4.79 Å². The van der Waals surface area contributed by atoms with Crippen molar-refractivity contribution in [2.45, 2.75) is 37.8 Å². The van der Waals surface area contributed by atoms with Gasteiger partial charge in [-0.25, -0.2) is 9.97 Å². The van der Waals surface area contributed by atoms with E-state index in [-0.39, 0.29) is 18.0 Å². The van der Waals surface area contributed by atoms with E-state index in [1.54, 1.807) is 12.4 Å². The Balaban J connectivity index is 1.56. The third-order valence-electron chi connectivity index (χ3n) is 3.98. The Labute approximate surface area is 119 Å². The zero-order valence-electron chi connectivity index (χ0n) is 11.6. The minimum absolute atomic E-state index is 0.00153. The Kier molecular flexibility index (Phi) is 4.11. The summed E-state index contributed by atoms with van der Waals surface area (Å²) in [5.41, 5.74) is 0. The first-order chi connectivity index (χ1) is 9.83. The first kappa shape index (κ1) is 13.3. The summed E-state index contributed by atoms with van der Waals surface area (Å²) in [7, 11) is 0. The predicted octanol–water partition coefficient (Wildman–Crippen LogP) is 0.314. The van der Waals surface area contributed by atoms with Gasteiger partial charge >= 0.3 is 0 Å². The van der Waals surface area contributed by atoms with Crippen molar-refractivity contribution in [1.29, 1.82) is 0 Å². The molecule has 0 spiro atoms. The molecule has 2 atom stereocenters. The molecule has 1 unspecified atom stereocenters. The topological polar surface area (TPSA) is 70.2 Å². The van der Waals surface area contributed by atoms with Gasteiger partial charge in [0.1, 0.15) is 0 Å². The van der Waals surface area contributed by atoms with Gasteiger partial charge in [0.05, 0.1) is 6.04 Å². The fourth-order valence-electron chi connectivity index (χ4n) is 2.94. The van der Waals surface area contributed by atoms with Crippen LogP contribution >= 0.6 is 0 Å². The number of amides is 1. The molecule has 0 aliphatic carbocycles. The lowest BCUT2D eigenvalue weighted by atomic mass is 10.1. The molecule has 1 amide bonds. The van der Waals surface area contributed by atoms with Gasteiger partial charge < -0.3 is 15.5 Å². The number of piperidine rings is 1. The van der Waals surface area contributed by atoms with Crippen LogP contribution in [0, 0.1) is 0 Å². The van der Waals surface area contributed by atoms with Gasteiger partial charge in [-0.15, -0.1) is 0 Å². The highest BCUT2D eigenvalue weighted by molar-refractivity contribution is 5.82. The monoisotopic (exact) mass is 275 g/mol. The lowest BCUT2D eigenvalue weighted by molar-refractivity contribution is -0.123. The van der Waals surface area contributed by atoms with Crippen LogP contribution in [0.1, 0.15) is 25.7 Å². The second-order valence-corrected chi connectivity index (χ2v) is 5.49. The average molecular weight is 275 g/mol. The van der Waals surface area contributed by atoms with Crippen molar-refractivity contribution in [3.63, 3.8) is 0 Å². The highest BCUT2D eigenvalue weighted by Gasteiger charge is 2.27. The van der Waals surface area contributed by atoms with Crippen molar-refractivity contribution in [3.05, 3.63) is 18.5 Å². The molecule has 6 heteroatoms. The predicted molar refractivity (Wildman–Crippen MR) is 76.4 cm³/mol. The zero-order valence-corrected chi connectivity index (χ0v) is 11.6. The zero-order chi connectivity index (χ0) is 13.8. The van der Waals surface area contributed by atoms with E-state index in [1.165, 1.54) is 0 Å². The Morgan fingerprint density at radius 2 is 2.15 bits per heavy atom. The summed E-state index contributed by atoms with van der Waals surface area (Å²) in [6.45, 7) is 2.70. The quantitative estimate of drug-likeness (QED) is 0.831. The molecule has 2 saturated heterocycles. The smallest absolute Gasteiger partial charge is 0.237 e. The molecule has 6 nitrogen and oxygen atoms in total. The molecule has 0 saturated carbocycles. The standard InChI is InChI=1S/C14H21N5O/c20-13(12-5-1-6-15-12)18-11-4-2-9-19(10-11)14-16-7-3-8-17-14/h3,7-8,11-12,15H,1-2,4-6,9-10H2,(H,18,20)/t11?,12-/m0/s1. The number of nitrogens with zero attached hydrogens (tertiary/aromatic N) is 3. The number of carbonyl (C=O) groups is 1. The number of aromatic nitrogens is 2. The summed E-state index contributed by atoms with van der Waals surface area (Å²) in [4.78, 5) is 22.8. The number of hydrogen-bond donors (Lipinski definition) is 2. The molecule has 2 aliphatic rings. The largest absolute Gasteiger partial charge is 0.350 e. The number of carbonyl (C=O) groups excluding carboxylic acids is 1. The van der Waals surface area contributed by atoms with Crippen molar-refractivity contribution in [1.82, 2.24) is 20.6 Å². The SMILES string of the molecule is O=C(NC1CCCN(c2ncccn2)C1)[C@@H]1CCCN1. The first-order valence-electron chi connectivity index (χ1n) is 7.38. The highest BCUT2D eigenvalue weighted by Crippen LogP contribution is 2.15. The molecule has 0 aromatic carbocycles. The molecule has 1 aromatic heterocycles. The maximum Gasteiger partial charge on any atom is 0.237 e.